The number of aliphatic hydroxyl groups is 3. The van der Waals surface area contributed by atoms with Gasteiger partial charge in [-0.2, -0.15) is 4.98 Å². The number of nitrogen functional groups attached to an aromatic ring is 1. The van der Waals surface area contributed by atoms with Crippen LogP contribution in [-0.4, -0.2) is 83.3 Å². The van der Waals surface area contributed by atoms with Crippen molar-refractivity contribution in [2.75, 3.05) is 31.3 Å². The fourth-order valence-electron chi connectivity index (χ4n) is 4.13. The molecule has 3 unspecified atom stereocenters. The van der Waals surface area contributed by atoms with E-state index in [4.69, 9.17) is 19.5 Å². The Morgan fingerprint density at radius 1 is 1.33 bits per heavy atom. The molecule has 0 bridgehead atoms. The normalized spacial score (nSPS) is 24.2. The molecule has 4 rings (SSSR count). The van der Waals surface area contributed by atoms with Gasteiger partial charge in [0, 0.05) is 12.3 Å². The number of aromatic amines is 1. The van der Waals surface area contributed by atoms with Crippen molar-refractivity contribution in [3.63, 3.8) is 0 Å². The van der Waals surface area contributed by atoms with E-state index in [1.54, 1.807) is 13.8 Å². The minimum Gasteiger partial charge on any atom is -0.395 e. The smallest absolute Gasteiger partial charge is 0.395 e. The molecule has 17 heteroatoms. The summed E-state index contributed by atoms with van der Waals surface area (Å²) in [6, 6.07) is 9.10. The molecule has 0 amide bonds. The number of H-pyrrole nitrogens is 1. The largest absolute Gasteiger partial charge is 0.405 e. The molecular formula is C25H35N6O9PS. The van der Waals surface area contributed by atoms with E-state index in [2.05, 4.69) is 20.0 Å². The number of nitrogens with one attached hydrogen (secondary N) is 2. The van der Waals surface area contributed by atoms with E-state index in [0.717, 1.165) is 17.3 Å². The van der Waals surface area contributed by atoms with Gasteiger partial charge in [-0.1, -0.05) is 42.1 Å². The number of benzene rings is 1. The molecule has 15 nitrogen and oxygen atoms in total. The maximum absolute atomic E-state index is 13.7. The third kappa shape index (κ3) is 7.10. The Morgan fingerprint density at radius 3 is 2.74 bits per heavy atom. The monoisotopic (exact) mass is 626 g/mol. The zero-order valence-corrected chi connectivity index (χ0v) is 25.0. The van der Waals surface area contributed by atoms with Crippen molar-refractivity contribution in [1.29, 1.82) is 0 Å². The van der Waals surface area contributed by atoms with Crippen molar-refractivity contribution in [2.45, 2.75) is 51.4 Å². The Labute approximate surface area is 245 Å². The van der Waals surface area contributed by atoms with Crippen molar-refractivity contribution in [1.82, 2.24) is 24.6 Å². The highest BCUT2D eigenvalue weighted by atomic mass is 32.2. The van der Waals surface area contributed by atoms with Crippen LogP contribution in [0.1, 0.15) is 32.6 Å². The summed E-state index contributed by atoms with van der Waals surface area (Å²) in [5.41, 5.74) is 3.04. The fraction of sp³-hybridized carbons (Fsp3) is 0.520. The summed E-state index contributed by atoms with van der Waals surface area (Å²) in [7, 11) is -4.04. The Hall–Kier alpha value is -2.66. The average Bonchev–Trinajstić information content (AvgIpc) is 3.47. The number of ether oxygens (including phenoxy) is 1. The van der Waals surface area contributed by atoms with E-state index in [1.807, 2.05) is 30.3 Å². The van der Waals surface area contributed by atoms with Gasteiger partial charge >= 0.3 is 7.75 Å². The fourth-order valence-corrected chi connectivity index (χ4v) is 6.37. The van der Waals surface area contributed by atoms with Gasteiger partial charge < -0.3 is 25.8 Å². The lowest BCUT2D eigenvalue weighted by atomic mass is 9.96. The number of nitrogens with zero attached hydrogens (tertiary/aromatic N) is 3. The molecule has 0 radical (unpaired) electrons. The molecule has 0 saturated carbocycles. The van der Waals surface area contributed by atoms with Crippen LogP contribution in [0.25, 0.3) is 11.2 Å². The number of thioether (sulfide) groups is 1. The van der Waals surface area contributed by atoms with Crippen LogP contribution in [0.15, 0.2) is 41.5 Å². The first-order chi connectivity index (χ1) is 19.8. The number of nitrogens with two attached hydrogens (primary N) is 1. The summed E-state index contributed by atoms with van der Waals surface area (Å²) in [6.07, 6.45) is -2.72. The highest BCUT2D eigenvalue weighted by molar-refractivity contribution is 8.13. The molecule has 5 atom stereocenters. The molecule has 2 aromatic heterocycles. The standard InChI is InChI=1S/C25H35N6O9PS/c1-24(2,13-32)22(35)42-10-9-38-41(37,28-11-15-7-5-4-6-8-15)39-12-16-18(33)25(3,36)21(40-16)31-14-27-17-19(31)29-23(26)30-20(17)34/h4-8,14,16,18,21,32-33,36H,9-13H2,1-3H3,(H,28,37)(H3,26,29,30,34)/t16-,18?,21-,25?,41?/m1/s1. The lowest BCUT2D eigenvalue weighted by Gasteiger charge is -2.27. The summed E-state index contributed by atoms with van der Waals surface area (Å²) in [6.45, 7) is 3.78. The number of hydrogen-bond donors (Lipinski definition) is 6. The summed E-state index contributed by atoms with van der Waals surface area (Å²) in [5, 5.41) is 34.0. The van der Waals surface area contributed by atoms with Gasteiger partial charge in [-0.15, -0.1) is 0 Å². The Balaban J connectivity index is 1.46. The highest BCUT2D eigenvalue weighted by Gasteiger charge is 2.54. The second-order valence-corrected chi connectivity index (χ2v) is 13.5. The number of imidazole rings is 1. The Morgan fingerprint density at radius 2 is 2.05 bits per heavy atom. The number of anilines is 1. The zero-order chi connectivity index (χ0) is 30.7. The Kier molecular flexibility index (Phi) is 9.92. The van der Waals surface area contributed by atoms with E-state index in [-0.39, 0.29) is 47.7 Å². The number of aliphatic hydroxyl groups excluding tert-OH is 2. The molecule has 1 aliphatic heterocycles. The van der Waals surface area contributed by atoms with E-state index < -0.39 is 49.4 Å². The molecule has 230 valence electrons. The molecule has 0 spiro atoms. The summed E-state index contributed by atoms with van der Waals surface area (Å²) >= 11 is 0.934. The van der Waals surface area contributed by atoms with Crippen LogP contribution < -0.4 is 16.4 Å². The number of carbonyl (C=O) groups is 1. The number of aromatic nitrogens is 4. The number of rotatable bonds is 13. The van der Waals surface area contributed by atoms with Gasteiger partial charge in [0.1, 0.15) is 17.8 Å². The third-order valence-corrected chi connectivity index (χ3v) is 9.45. The molecule has 1 saturated heterocycles. The van der Waals surface area contributed by atoms with Gasteiger partial charge in [-0.3, -0.25) is 28.2 Å². The van der Waals surface area contributed by atoms with Crippen molar-refractivity contribution >= 4 is 41.7 Å². The minimum absolute atomic E-state index is 0.0326. The highest BCUT2D eigenvalue weighted by Crippen LogP contribution is 2.46. The number of hydrogen-bond acceptors (Lipinski definition) is 13. The van der Waals surface area contributed by atoms with Crippen molar-refractivity contribution in [3.8, 4) is 0 Å². The molecule has 3 aromatic rings. The van der Waals surface area contributed by atoms with Gasteiger partial charge in [0.15, 0.2) is 22.5 Å². The topological polar surface area (TPSA) is 224 Å². The summed E-state index contributed by atoms with van der Waals surface area (Å²) in [5.74, 6) is -0.0278. The van der Waals surface area contributed by atoms with E-state index >= 15 is 0 Å². The SMILES string of the molecule is CC(C)(CO)C(=O)SCCOP(=O)(NCc1ccccc1)OC[C@H]1O[C@@H](n2cnc3c(=O)[nH]c(N)nc32)C(C)(O)C1O. The van der Waals surface area contributed by atoms with Crippen LogP contribution in [0.2, 0.25) is 0 Å². The maximum Gasteiger partial charge on any atom is 0.405 e. The van der Waals surface area contributed by atoms with Crippen LogP contribution in [0.3, 0.4) is 0 Å². The molecule has 1 fully saturated rings. The summed E-state index contributed by atoms with van der Waals surface area (Å²) in [4.78, 5) is 34.9. The lowest BCUT2D eigenvalue weighted by molar-refractivity contribution is -0.119. The van der Waals surface area contributed by atoms with E-state index in [9.17, 15) is 29.5 Å². The molecule has 7 N–H and O–H groups in total. The van der Waals surface area contributed by atoms with Gasteiger partial charge in [0.2, 0.25) is 5.95 Å². The van der Waals surface area contributed by atoms with Crippen molar-refractivity contribution in [2.24, 2.45) is 5.41 Å². The molecular weight excluding hydrogens is 591 g/mol. The van der Waals surface area contributed by atoms with Crippen LogP contribution >= 0.6 is 19.5 Å². The molecule has 1 aromatic carbocycles. The quantitative estimate of drug-likeness (QED) is 0.115. The van der Waals surface area contributed by atoms with Crippen LogP contribution in [0, 0.1) is 5.41 Å². The number of fused-ring (bicyclic) bond motifs is 1. The molecule has 42 heavy (non-hydrogen) atoms. The van der Waals surface area contributed by atoms with Gasteiger partial charge in [0.25, 0.3) is 5.56 Å². The predicted molar refractivity (Wildman–Crippen MR) is 154 cm³/mol. The van der Waals surface area contributed by atoms with Gasteiger partial charge in [0.05, 0.1) is 31.6 Å². The van der Waals surface area contributed by atoms with Crippen molar-refractivity contribution < 1.29 is 38.5 Å². The molecule has 1 aliphatic rings. The second-order valence-electron chi connectivity index (χ2n) is 10.6. The Bertz CT molecular complexity index is 1500. The first-order valence-corrected chi connectivity index (χ1v) is 15.5. The van der Waals surface area contributed by atoms with Crippen LogP contribution in [0.4, 0.5) is 5.95 Å². The summed E-state index contributed by atoms with van der Waals surface area (Å²) < 4.78 is 32.1. The zero-order valence-electron chi connectivity index (χ0n) is 23.3. The first-order valence-electron chi connectivity index (χ1n) is 13.0. The van der Waals surface area contributed by atoms with Gasteiger partial charge in [-0.25, -0.2) is 14.6 Å². The second kappa shape index (κ2) is 12.9. The molecule has 3 heterocycles. The van der Waals surface area contributed by atoms with E-state index in [0.29, 0.717) is 0 Å². The average molecular weight is 627 g/mol. The first kappa shape index (κ1) is 32.3. The lowest BCUT2D eigenvalue weighted by Crippen LogP contribution is -2.44. The maximum atomic E-state index is 13.7. The van der Waals surface area contributed by atoms with Crippen LogP contribution in [0.5, 0.6) is 0 Å². The van der Waals surface area contributed by atoms with Crippen LogP contribution in [-0.2, 0) is 29.7 Å². The minimum atomic E-state index is -4.04. The van der Waals surface area contributed by atoms with E-state index in [1.165, 1.54) is 17.8 Å². The third-order valence-electron chi connectivity index (χ3n) is 6.71. The van der Waals surface area contributed by atoms with Crippen molar-refractivity contribution in [3.05, 3.63) is 52.6 Å². The predicted octanol–water partition coefficient (Wildman–Crippen LogP) is 0.921. The molecule has 0 aliphatic carbocycles. The number of carbonyl (C=O) groups excluding carboxylic acids is 1. The van der Waals surface area contributed by atoms with Gasteiger partial charge in [-0.05, 0) is 26.3 Å².